The van der Waals surface area contributed by atoms with Crippen molar-refractivity contribution in [1.82, 2.24) is 0 Å². The van der Waals surface area contributed by atoms with Crippen LogP contribution in [-0.2, 0) is 23.1 Å². The van der Waals surface area contributed by atoms with E-state index in [2.05, 4.69) is 0 Å². The Labute approximate surface area is 148 Å². The average molecular weight is 402 g/mol. The fourth-order valence-electron chi connectivity index (χ4n) is 2.57. The molecule has 13 nitrogen and oxygen atoms in total. The summed E-state index contributed by atoms with van der Waals surface area (Å²) in [6.45, 7) is -1.35. The third-order valence-corrected chi connectivity index (χ3v) is 3.98. The molecule has 10 atom stereocenters. The Morgan fingerprint density at radius 3 is 1.77 bits per heavy atom. The third kappa shape index (κ3) is 5.21. The summed E-state index contributed by atoms with van der Waals surface area (Å²) in [6.07, 6.45) is -15.6. The molecule has 0 bridgehead atoms. The van der Waals surface area contributed by atoms with Gasteiger partial charge in [0.15, 0.2) is 12.6 Å². The number of aliphatic hydroxyl groups excluding tert-OH is 8. The predicted molar refractivity (Wildman–Crippen MR) is 75.7 cm³/mol. The summed E-state index contributed by atoms with van der Waals surface area (Å²) in [7, 11) is -1.42. The number of rotatable bonds is 4. The summed E-state index contributed by atoms with van der Waals surface area (Å²) < 4.78 is 32.1. The maximum absolute atomic E-state index is 9.94. The minimum Gasteiger partial charge on any atom is -0.394 e. The number of hydrogen-bond acceptors (Lipinski definition) is 13. The zero-order chi connectivity index (χ0) is 20.0. The Hall–Kier alpha value is -0.623. The van der Waals surface area contributed by atoms with Gasteiger partial charge in [-0.3, -0.25) is 8.92 Å². The maximum Gasteiger partial charge on any atom is 0.549 e. The molecule has 0 aliphatic carbocycles. The van der Waals surface area contributed by atoms with E-state index in [0.717, 1.165) is 0 Å². The zero-order valence-electron chi connectivity index (χ0n) is 13.3. The minimum absolute atomic E-state index is 0.667. The Bertz CT molecular complexity index is 456. The van der Waals surface area contributed by atoms with Gasteiger partial charge in [0.1, 0.15) is 48.8 Å². The van der Waals surface area contributed by atoms with Gasteiger partial charge in [0.05, 0.1) is 13.2 Å². The summed E-state index contributed by atoms with van der Waals surface area (Å²) in [5.74, 6) is 0. The summed E-state index contributed by atoms with van der Waals surface area (Å²) in [4.78, 5) is 0. The van der Waals surface area contributed by atoms with Gasteiger partial charge in [-0.25, -0.2) is 0 Å². The second kappa shape index (κ2) is 10.6. The molecule has 8 N–H and O–H groups in total. The fraction of sp³-hybridized carbons (Fsp3) is 1.00. The molecule has 2 saturated heterocycles. The van der Waals surface area contributed by atoms with Crippen LogP contribution in [0.25, 0.3) is 0 Å². The highest BCUT2D eigenvalue weighted by atomic mass is 28.2. The lowest BCUT2D eigenvalue weighted by Crippen LogP contribution is -2.64. The van der Waals surface area contributed by atoms with Crippen molar-refractivity contribution in [1.29, 1.82) is 0 Å². The van der Waals surface area contributed by atoms with Crippen molar-refractivity contribution in [2.75, 3.05) is 13.2 Å². The Morgan fingerprint density at radius 2 is 1.27 bits per heavy atom. The number of aliphatic hydroxyl groups is 8. The van der Waals surface area contributed by atoms with Crippen molar-refractivity contribution in [3.8, 4) is 0 Å². The first-order valence-corrected chi connectivity index (χ1v) is 8.30. The van der Waals surface area contributed by atoms with E-state index >= 15 is 0 Å². The lowest BCUT2D eigenvalue weighted by atomic mass is 9.97. The van der Waals surface area contributed by atoms with Crippen LogP contribution in [0.1, 0.15) is 0 Å². The molecule has 2 aliphatic heterocycles. The summed E-state index contributed by atoms with van der Waals surface area (Å²) in [5, 5.41) is 76.5. The van der Waals surface area contributed by atoms with Crippen molar-refractivity contribution in [3.05, 3.63) is 0 Å². The van der Waals surface area contributed by atoms with E-state index in [0.29, 0.717) is 0 Å². The standard InChI is InChI=1S/C12H22O11.O2Si/c13-1-3-5(15)6(16)9(19)12(22-3)23-10-4(2-14)21-11(20)8(18)7(10)17;1-3-2/h3-20H,1-2H2;/t3-,4-,5+,6+,7-,8-,9-,10-,11?,12+;/m1./s1. The van der Waals surface area contributed by atoms with E-state index in [1.807, 2.05) is 0 Å². The Morgan fingerprint density at radius 1 is 0.731 bits per heavy atom. The first-order valence-electron chi connectivity index (χ1n) is 7.49. The smallest absolute Gasteiger partial charge is 0.394 e. The molecule has 0 aromatic carbocycles. The highest BCUT2D eigenvalue weighted by Crippen LogP contribution is 2.28. The van der Waals surface area contributed by atoms with Crippen LogP contribution in [0.5, 0.6) is 0 Å². The summed E-state index contributed by atoms with van der Waals surface area (Å²) >= 11 is 0. The SMILES string of the molecule is O=[Si]=O.OC[C@H]1O[C@@H](O[C@H]2[C@H](O)[C@@H](O)C(O)O[C@@H]2CO)[C@H](O)[C@@H](O)[C@H]1O. The van der Waals surface area contributed by atoms with Gasteiger partial charge in [0, 0.05) is 0 Å². The van der Waals surface area contributed by atoms with Gasteiger partial charge < -0.3 is 55.1 Å². The van der Waals surface area contributed by atoms with Gasteiger partial charge >= 0.3 is 9.29 Å². The molecular formula is C12H22O13Si. The first-order chi connectivity index (χ1) is 12.2. The van der Waals surface area contributed by atoms with Crippen LogP contribution in [0, 0.1) is 0 Å². The van der Waals surface area contributed by atoms with Crippen molar-refractivity contribution >= 4 is 9.29 Å². The molecule has 0 aromatic rings. The average Bonchev–Trinajstić information content (AvgIpc) is 2.62. The molecule has 2 rings (SSSR count). The molecule has 0 aromatic heterocycles. The van der Waals surface area contributed by atoms with Gasteiger partial charge in [-0.15, -0.1) is 0 Å². The van der Waals surface area contributed by atoms with Gasteiger partial charge in [0.2, 0.25) is 0 Å². The largest absolute Gasteiger partial charge is 0.549 e. The third-order valence-electron chi connectivity index (χ3n) is 3.98. The van der Waals surface area contributed by atoms with Crippen LogP contribution in [0.2, 0.25) is 0 Å². The highest BCUT2D eigenvalue weighted by Gasteiger charge is 2.50. The lowest BCUT2D eigenvalue weighted by Gasteiger charge is -2.45. The molecule has 1 unspecified atom stereocenters. The van der Waals surface area contributed by atoms with E-state index < -0.39 is 83.9 Å². The fourth-order valence-corrected chi connectivity index (χ4v) is 2.57. The minimum atomic E-state index is -1.74. The normalized spacial score (nSPS) is 46.0. The van der Waals surface area contributed by atoms with Crippen LogP contribution in [0.15, 0.2) is 0 Å². The molecule has 2 fully saturated rings. The Kier molecular flexibility index (Phi) is 9.59. The number of ether oxygens (including phenoxy) is 3. The molecule has 0 amide bonds. The van der Waals surface area contributed by atoms with E-state index in [9.17, 15) is 35.7 Å². The van der Waals surface area contributed by atoms with Crippen LogP contribution in [0.3, 0.4) is 0 Å². The molecule has 14 heteroatoms. The van der Waals surface area contributed by atoms with Crippen molar-refractivity contribution in [2.45, 2.75) is 61.4 Å². The molecule has 0 radical (unpaired) electrons. The molecule has 2 heterocycles. The van der Waals surface area contributed by atoms with E-state index in [-0.39, 0.29) is 0 Å². The molecule has 0 spiro atoms. The summed E-state index contributed by atoms with van der Waals surface area (Å²) in [6, 6.07) is 0. The van der Waals surface area contributed by atoms with Gasteiger partial charge in [-0.2, -0.15) is 0 Å². The van der Waals surface area contributed by atoms with E-state index in [1.165, 1.54) is 0 Å². The van der Waals surface area contributed by atoms with Crippen molar-refractivity contribution in [3.63, 3.8) is 0 Å². The van der Waals surface area contributed by atoms with E-state index in [4.69, 9.17) is 28.2 Å². The zero-order valence-corrected chi connectivity index (χ0v) is 14.3. The van der Waals surface area contributed by atoms with Crippen LogP contribution >= 0.6 is 0 Å². The highest BCUT2D eigenvalue weighted by molar-refractivity contribution is 5.94. The summed E-state index contributed by atoms with van der Waals surface area (Å²) in [5.41, 5.74) is 0. The van der Waals surface area contributed by atoms with Crippen LogP contribution < -0.4 is 0 Å². The second-order valence-electron chi connectivity index (χ2n) is 5.61. The van der Waals surface area contributed by atoms with E-state index in [1.54, 1.807) is 0 Å². The van der Waals surface area contributed by atoms with Crippen molar-refractivity contribution < 1.29 is 64.0 Å². The number of hydrogen-bond donors (Lipinski definition) is 8. The second-order valence-corrected chi connectivity index (χ2v) is 5.78. The van der Waals surface area contributed by atoms with Crippen LogP contribution in [-0.4, -0.2) is 125 Å². The molecule has 2 aliphatic rings. The Balaban J connectivity index is 0.00000105. The van der Waals surface area contributed by atoms with Gasteiger partial charge in [-0.05, 0) is 0 Å². The molecular weight excluding hydrogens is 380 g/mol. The predicted octanol–water partition coefficient (Wildman–Crippen LogP) is -6.02. The quantitative estimate of drug-likeness (QED) is 0.205. The first kappa shape index (κ1) is 23.4. The monoisotopic (exact) mass is 402 g/mol. The molecule has 152 valence electrons. The van der Waals surface area contributed by atoms with Crippen LogP contribution in [0.4, 0.5) is 0 Å². The van der Waals surface area contributed by atoms with Crippen molar-refractivity contribution in [2.24, 2.45) is 0 Å². The maximum atomic E-state index is 9.94. The lowest BCUT2D eigenvalue weighted by molar-refractivity contribution is -0.355. The van der Waals surface area contributed by atoms with Gasteiger partial charge in [-0.1, -0.05) is 0 Å². The topological polar surface area (TPSA) is 224 Å². The molecule has 0 saturated carbocycles. The molecule has 26 heavy (non-hydrogen) atoms. The van der Waals surface area contributed by atoms with Gasteiger partial charge in [0.25, 0.3) is 0 Å².